The van der Waals surface area contributed by atoms with E-state index in [-0.39, 0.29) is 10.6 Å². The normalized spacial score (nSPS) is 11.0. The van der Waals surface area contributed by atoms with Crippen LogP contribution in [0.5, 0.6) is 0 Å². The molecule has 0 aliphatic rings. The Balaban J connectivity index is 3.26. The second kappa shape index (κ2) is 3.98. The molecule has 1 amide bonds. The lowest BCUT2D eigenvalue weighted by Gasteiger charge is -2.04. The van der Waals surface area contributed by atoms with Crippen molar-refractivity contribution in [3.63, 3.8) is 0 Å². The highest BCUT2D eigenvalue weighted by Gasteiger charge is 2.09. The number of sulfone groups is 1. The lowest BCUT2D eigenvalue weighted by atomic mass is 10.3. The fourth-order valence-electron chi connectivity index (χ4n) is 0.909. The van der Waals surface area contributed by atoms with Crippen LogP contribution in [0.4, 0.5) is 5.69 Å². The Morgan fingerprint density at radius 2 is 2.07 bits per heavy atom. The molecule has 0 aliphatic carbocycles. The molecule has 1 aromatic carbocycles. The third-order valence-electron chi connectivity index (χ3n) is 1.58. The first-order valence-electron chi connectivity index (χ1n) is 3.65. The van der Waals surface area contributed by atoms with Crippen molar-refractivity contribution >= 4 is 33.5 Å². The molecule has 0 saturated carbocycles. The maximum atomic E-state index is 11.1. The number of benzene rings is 1. The van der Waals surface area contributed by atoms with Gasteiger partial charge in [-0.25, -0.2) is 8.42 Å². The van der Waals surface area contributed by atoms with Crippen molar-refractivity contribution in [3.8, 4) is 0 Å². The van der Waals surface area contributed by atoms with Gasteiger partial charge < -0.3 is 5.32 Å². The molecule has 1 rings (SSSR count). The Bertz CT molecular complexity index is 456. The van der Waals surface area contributed by atoms with E-state index in [0.29, 0.717) is 11.4 Å². The number of anilines is 1. The SMILES string of the molecule is CS(=O)(=O)c1ccc(Cl)c(NC=O)c1. The molecule has 6 heteroatoms. The minimum absolute atomic E-state index is 0.117. The van der Waals surface area contributed by atoms with Gasteiger partial charge in [-0.15, -0.1) is 0 Å². The number of rotatable bonds is 3. The first-order chi connectivity index (χ1) is 6.45. The number of amides is 1. The van der Waals surface area contributed by atoms with Gasteiger partial charge in [-0.1, -0.05) is 11.6 Å². The molecule has 0 bridgehead atoms. The fraction of sp³-hybridized carbons (Fsp3) is 0.125. The molecule has 1 aromatic rings. The summed E-state index contributed by atoms with van der Waals surface area (Å²) in [6.07, 6.45) is 1.52. The smallest absolute Gasteiger partial charge is 0.211 e. The van der Waals surface area contributed by atoms with E-state index in [1.165, 1.54) is 18.2 Å². The van der Waals surface area contributed by atoms with Crippen LogP contribution < -0.4 is 5.32 Å². The first kappa shape index (κ1) is 11.0. The van der Waals surface area contributed by atoms with Gasteiger partial charge in [0.05, 0.1) is 15.6 Å². The van der Waals surface area contributed by atoms with Crippen molar-refractivity contribution in [2.45, 2.75) is 4.90 Å². The number of carbonyl (C=O) groups excluding carboxylic acids is 1. The quantitative estimate of drug-likeness (QED) is 0.801. The molecule has 0 spiro atoms. The topological polar surface area (TPSA) is 63.2 Å². The maximum Gasteiger partial charge on any atom is 0.211 e. The molecule has 76 valence electrons. The molecule has 0 fully saturated rings. The molecule has 0 heterocycles. The molecular weight excluding hydrogens is 226 g/mol. The summed E-state index contributed by atoms with van der Waals surface area (Å²) in [6.45, 7) is 0. The fourth-order valence-corrected chi connectivity index (χ4v) is 1.73. The van der Waals surface area contributed by atoms with Gasteiger partial charge in [0.15, 0.2) is 9.84 Å². The van der Waals surface area contributed by atoms with Gasteiger partial charge in [0.25, 0.3) is 0 Å². The van der Waals surface area contributed by atoms with Crippen molar-refractivity contribution in [3.05, 3.63) is 23.2 Å². The van der Waals surface area contributed by atoms with E-state index in [0.717, 1.165) is 6.26 Å². The molecule has 0 aliphatic heterocycles. The zero-order chi connectivity index (χ0) is 10.8. The van der Waals surface area contributed by atoms with E-state index in [2.05, 4.69) is 5.32 Å². The van der Waals surface area contributed by atoms with Crippen molar-refractivity contribution in [2.75, 3.05) is 11.6 Å². The van der Waals surface area contributed by atoms with E-state index in [9.17, 15) is 13.2 Å². The molecule has 14 heavy (non-hydrogen) atoms. The van der Waals surface area contributed by atoms with E-state index >= 15 is 0 Å². The van der Waals surface area contributed by atoms with Crippen molar-refractivity contribution in [2.24, 2.45) is 0 Å². The highest BCUT2D eigenvalue weighted by Crippen LogP contribution is 2.24. The van der Waals surface area contributed by atoms with Crippen LogP contribution in [0, 0.1) is 0 Å². The van der Waals surface area contributed by atoms with Gasteiger partial charge in [-0.3, -0.25) is 4.79 Å². The van der Waals surface area contributed by atoms with Crippen molar-refractivity contribution in [1.29, 1.82) is 0 Å². The summed E-state index contributed by atoms with van der Waals surface area (Å²) in [5.74, 6) is 0. The largest absolute Gasteiger partial charge is 0.327 e. The zero-order valence-corrected chi connectivity index (χ0v) is 8.89. The monoisotopic (exact) mass is 233 g/mol. The first-order valence-corrected chi connectivity index (χ1v) is 5.92. The summed E-state index contributed by atoms with van der Waals surface area (Å²) >= 11 is 5.71. The Hall–Kier alpha value is -1.07. The summed E-state index contributed by atoms with van der Waals surface area (Å²) < 4.78 is 22.3. The summed E-state index contributed by atoms with van der Waals surface area (Å²) in [7, 11) is -3.27. The zero-order valence-electron chi connectivity index (χ0n) is 7.32. The summed E-state index contributed by atoms with van der Waals surface area (Å²) in [5, 5.41) is 2.61. The number of hydrogen-bond acceptors (Lipinski definition) is 3. The molecule has 0 unspecified atom stereocenters. The number of carbonyl (C=O) groups is 1. The van der Waals surface area contributed by atoms with E-state index in [1.54, 1.807) is 0 Å². The maximum absolute atomic E-state index is 11.1. The van der Waals surface area contributed by atoms with Crippen molar-refractivity contribution < 1.29 is 13.2 Å². The molecular formula is C8H8ClNO3S. The third-order valence-corrected chi connectivity index (χ3v) is 3.02. The van der Waals surface area contributed by atoms with Crippen LogP contribution in [-0.2, 0) is 14.6 Å². The third kappa shape index (κ3) is 2.46. The van der Waals surface area contributed by atoms with Crippen LogP contribution in [0.15, 0.2) is 23.1 Å². The van der Waals surface area contributed by atoms with Gasteiger partial charge >= 0.3 is 0 Å². The molecule has 4 nitrogen and oxygen atoms in total. The highest BCUT2D eigenvalue weighted by atomic mass is 35.5. The molecule has 0 radical (unpaired) electrons. The Morgan fingerprint density at radius 1 is 1.43 bits per heavy atom. The van der Waals surface area contributed by atoms with Gasteiger partial charge in [-0.05, 0) is 18.2 Å². The number of halogens is 1. The van der Waals surface area contributed by atoms with Crippen LogP contribution in [0.3, 0.4) is 0 Å². The average molecular weight is 234 g/mol. The van der Waals surface area contributed by atoms with E-state index < -0.39 is 9.84 Å². The van der Waals surface area contributed by atoms with Crippen LogP contribution >= 0.6 is 11.6 Å². The predicted octanol–water partition coefficient (Wildman–Crippen LogP) is 1.31. The van der Waals surface area contributed by atoms with Gasteiger partial charge in [0, 0.05) is 6.26 Å². The minimum Gasteiger partial charge on any atom is -0.327 e. The van der Waals surface area contributed by atoms with Gasteiger partial charge in [-0.2, -0.15) is 0 Å². The highest BCUT2D eigenvalue weighted by molar-refractivity contribution is 7.90. The summed E-state index contributed by atoms with van der Waals surface area (Å²) in [6, 6.07) is 4.11. The van der Waals surface area contributed by atoms with Crippen LogP contribution in [-0.4, -0.2) is 21.1 Å². The van der Waals surface area contributed by atoms with E-state index in [1.807, 2.05) is 0 Å². The number of nitrogens with one attached hydrogen (secondary N) is 1. The van der Waals surface area contributed by atoms with Crippen LogP contribution in [0.1, 0.15) is 0 Å². The summed E-state index contributed by atoms with van der Waals surface area (Å²) in [5.41, 5.74) is 0.282. The second-order valence-corrected chi connectivity index (χ2v) is 5.10. The Kier molecular flexibility index (Phi) is 3.13. The standard InChI is InChI=1S/C8H8ClNO3S/c1-14(12,13)6-2-3-7(9)8(4-6)10-5-11/h2-5H,1H3,(H,10,11). The van der Waals surface area contributed by atoms with E-state index in [4.69, 9.17) is 11.6 Å². The molecule has 0 atom stereocenters. The van der Waals surface area contributed by atoms with Gasteiger partial charge in [0.1, 0.15) is 0 Å². The van der Waals surface area contributed by atoms with Crippen LogP contribution in [0.25, 0.3) is 0 Å². The molecule has 0 aromatic heterocycles. The average Bonchev–Trinajstić information content (AvgIpc) is 2.07. The number of hydrogen-bond donors (Lipinski definition) is 1. The lowest BCUT2D eigenvalue weighted by Crippen LogP contribution is -2.00. The molecule has 0 saturated heterocycles. The Labute approximate surface area is 86.8 Å². The predicted molar refractivity (Wildman–Crippen MR) is 54.2 cm³/mol. The Morgan fingerprint density at radius 3 is 2.57 bits per heavy atom. The lowest BCUT2D eigenvalue weighted by molar-refractivity contribution is -0.105. The minimum atomic E-state index is -3.27. The summed E-state index contributed by atoms with van der Waals surface area (Å²) in [4.78, 5) is 10.3. The van der Waals surface area contributed by atoms with Gasteiger partial charge in [0.2, 0.25) is 6.41 Å². The second-order valence-electron chi connectivity index (χ2n) is 2.68. The van der Waals surface area contributed by atoms with Crippen molar-refractivity contribution in [1.82, 2.24) is 0 Å². The molecule has 1 N–H and O–H groups in total. The van der Waals surface area contributed by atoms with Crippen LogP contribution in [0.2, 0.25) is 5.02 Å².